The highest BCUT2D eigenvalue weighted by Crippen LogP contribution is 2.23. The summed E-state index contributed by atoms with van der Waals surface area (Å²) < 4.78 is 0.160. The van der Waals surface area contributed by atoms with Crippen LogP contribution in [0.15, 0.2) is 30.3 Å². The van der Waals surface area contributed by atoms with E-state index in [0.717, 1.165) is 39.1 Å². The highest BCUT2D eigenvalue weighted by molar-refractivity contribution is 8.01. The summed E-state index contributed by atoms with van der Waals surface area (Å²) in [4.78, 5) is 16.7. The standard InChI is InChI=1S/C18H28N2OS/c1-18(2,3)22-15-17(21)20-13-11-19(12-14-20)10-9-16-7-5-4-6-8-16/h4-8H,9-15H2,1-3H3. The van der Waals surface area contributed by atoms with Gasteiger partial charge in [-0.1, -0.05) is 51.1 Å². The highest BCUT2D eigenvalue weighted by atomic mass is 32.2. The van der Waals surface area contributed by atoms with Crippen LogP contribution in [0.3, 0.4) is 0 Å². The number of hydrogen-bond donors (Lipinski definition) is 0. The first-order chi connectivity index (χ1) is 10.4. The van der Waals surface area contributed by atoms with Crippen molar-refractivity contribution in [3.8, 4) is 0 Å². The van der Waals surface area contributed by atoms with E-state index in [1.54, 1.807) is 11.8 Å². The Kier molecular flexibility index (Phi) is 6.33. The molecule has 0 aliphatic carbocycles. The minimum absolute atomic E-state index is 0.160. The summed E-state index contributed by atoms with van der Waals surface area (Å²) in [5.74, 6) is 0.899. The average Bonchev–Trinajstić information content (AvgIpc) is 2.51. The molecule has 0 spiro atoms. The lowest BCUT2D eigenvalue weighted by atomic mass is 10.1. The number of hydrogen-bond acceptors (Lipinski definition) is 3. The zero-order chi connectivity index (χ0) is 16.0. The van der Waals surface area contributed by atoms with Crippen molar-refractivity contribution in [1.29, 1.82) is 0 Å². The van der Waals surface area contributed by atoms with Crippen LogP contribution in [0.5, 0.6) is 0 Å². The topological polar surface area (TPSA) is 23.6 Å². The van der Waals surface area contributed by atoms with Gasteiger partial charge >= 0.3 is 0 Å². The summed E-state index contributed by atoms with van der Waals surface area (Å²) in [5, 5.41) is 0. The van der Waals surface area contributed by atoms with E-state index in [9.17, 15) is 4.79 Å². The van der Waals surface area contributed by atoms with Crippen molar-refractivity contribution in [3.05, 3.63) is 35.9 Å². The number of carbonyl (C=O) groups is 1. The maximum Gasteiger partial charge on any atom is 0.232 e. The number of rotatable bonds is 5. The third-order valence-electron chi connectivity index (χ3n) is 3.91. The van der Waals surface area contributed by atoms with Crippen molar-refractivity contribution >= 4 is 17.7 Å². The molecule has 1 amide bonds. The van der Waals surface area contributed by atoms with Crippen LogP contribution in [-0.4, -0.2) is 58.9 Å². The van der Waals surface area contributed by atoms with Crippen LogP contribution in [0.1, 0.15) is 26.3 Å². The van der Waals surface area contributed by atoms with Gasteiger partial charge in [-0.3, -0.25) is 9.69 Å². The lowest BCUT2D eigenvalue weighted by Crippen LogP contribution is -2.49. The van der Waals surface area contributed by atoms with Crippen molar-refractivity contribution in [3.63, 3.8) is 0 Å². The molecule has 0 bridgehead atoms. The second kappa shape index (κ2) is 8.02. The second-order valence-corrected chi connectivity index (χ2v) is 8.66. The van der Waals surface area contributed by atoms with Gasteiger partial charge in [0.1, 0.15) is 0 Å². The molecule has 0 radical (unpaired) electrons. The molecule has 1 aliphatic rings. The predicted octanol–water partition coefficient (Wildman–Crippen LogP) is 2.91. The monoisotopic (exact) mass is 320 g/mol. The maximum absolute atomic E-state index is 12.2. The molecule has 122 valence electrons. The molecule has 22 heavy (non-hydrogen) atoms. The number of thioether (sulfide) groups is 1. The lowest BCUT2D eigenvalue weighted by Gasteiger charge is -2.35. The second-order valence-electron chi connectivity index (χ2n) is 6.86. The predicted molar refractivity (Wildman–Crippen MR) is 95.4 cm³/mol. The van der Waals surface area contributed by atoms with Crippen LogP contribution in [0.4, 0.5) is 0 Å². The highest BCUT2D eigenvalue weighted by Gasteiger charge is 2.22. The van der Waals surface area contributed by atoms with E-state index in [1.807, 2.05) is 4.90 Å². The Morgan fingerprint density at radius 2 is 1.73 bits per heavy atom. The Labute approximate surface area is 139 Å². The van der Waals surface area contributed by atoms with Gasteiger partial charge in [-0.15, -0.1) is 11.8 Å². The quantitative estimate of drug-likeness (QED) is 0.833. The van der Waals surface area contributed by atoms with Crippen LogP contribution in [0.2, 0.25) is 0 Å². The van der Waals surface area contributed by atoms with Gasteiger partial charge in [0.15, 0.2) is 0 Å². The molecule has 3 nitrogen and oxygen atoms in total. The smallest absolute Gasteiger partial charge is 0.232 e. The fraction of sp³-hybridized carbons (Fsp3) is 0.611. The van der Waals surface area contributed by atoms with E-state index in [2.05, 4.69) is 56.0 Å². The van der Waals surface area contributed by atoms with Crippen molar-refractivity contribution in [2.45, 2.75) is 31.9 Å². The normalized spacial score (nSPS) is 16.8. The van der Waals surface area contributed by atoms with E-state index in [4.69, 9.17) is 0 Å². The minimum atomic E-state index is 0.160. The van der Waals surface area contributed by atoms with Crippen LogP contribution in [0, 0.1) is 0 Å². The van der Waals surface area contributed by atoms with Crippen molar-refractivity contribution < 1.29 is 4.79 Å². The van der Waals surface area contributed by atoms with E-state index in [1.165, 1.54) is 5.56 Å². The van der Waals surface area contributed by atoms with Gasteiger partial charge in [0.05, 0.1) is 5.75 Å². The SMILES string of the molecule is CC(C)(C)SCC(=O)N1CCN(CCc2ccccc2)CC1. The first kappa shape index (κ1) is 17.4. The van der Waals surface area contributed by atoms with Gasteiger partial charge in [-0.05, 0) is 12.0 Å². The molecule has 1 aromatic carbocycles. The van der Waals surface area contributed by atoms with Gasteiger partial charge < -0.3 is 4.90 Å². The first-order valence-electron chi connectivity index (χ1n) is 8.12. The Morgan fingerprint density at radius 1 is 1.09 bits per heavy atom. The summed E-state index contributed by atoms with van der Waals surface area (Å²) in [6.07, 6.45) is 1.09. The lowest BCUT2D eigenvalue weighted by molar-refractivity contribution is -0.130. The molecule has 2 rings (SSSR count). The number of amides is 1. The van der Waals surface area contributed by atoms with Crippen molar-refractivity contribution in [1.82, 2.24) is 9.80 Å². The Balaban J connectivity index is 1.68. The fourth-order valence-electron chi connectivity index (χ4n) is 2.52. The van der Waals surface area contributed by atoms with Crippen molar-refractivity contribution in [2.24, 2.45) is 0 Å². The Bertz CT molecular complexity index is 462. The molecule has 0 saturated carbocycles. The molecule has 1 heterocycles. The number of nitrogens with zero attached hydrogens (tertiary/aromatic N) is 2. The summed E-state index contributed by atoms with van der Waals surface area (Å²) in [5.41, 5.74) is 1.39. The molecule has 0 N–H and O–H groups in total. The van der Waals surface area contributed by atoms with Gasteiger partial charge in [0.25, 0.3) is 0 Å². The first-order valence-corrected chi connectivity index (χ1v) is 9.11. The number of piperazine rings is 1. The Hall–Kier alpha value is -1.00. The molecule has 1 fully saturated rings. The number of carbonyl (C=O) groups excluding carboxylic acids is 1. The molecule has 0 unspecified atom stereocenters. The molecule has 0 atom stereocenters. The molecule has 1 aliphatic heterocycles. The van der Waals surface area contributed by atoms with E-state index in [-0.39, 0.29) is 4.75 Å². The molecule has 0 aromatic heterocycles. The van der Waals surface area contributed by atoms with Gasteiger partial charge in [0, 0.05) is 37.5 Å². The average molecular weight is 321 g/mol. The summed E-state index contributed by atoms with van der Waals surface area (Å²) >= 11 is 1.74. The zero-order valence-corrected chi connectivity index (χ0v) is 14.9. The number of benzene rings is 1. The summed E-state index contributed by atoms with van der Waals surface area (Å²) in [6.45, 7) is 11.3. The third kappa shape index (κ3) is 6.01. The van der Waals surface area contributed by atoms with Crippen LogP contribution in [0.25, 0.3) is 0 Å². The van der Waals surface area contributed by atoms with E-state index >= 15 is 0 Å². The molecule has 1 aromatic rings. The van der Waals surface area contributed by atoms with Crippen molar-refractivity contribution in [2.75, 3.05) is 38.5 Å². The van der Waals surface area contributed by atoms with E-state index in [0.29, 0.717) is 11.7 Å². The third-order valence-corrected chi connectivity index (χ3v) is 5.17. The largest absolute Gasteiger partial charge is 0.339 e. The van der Waals surface area contributed by atoms with Crippen LogP contribution in [-0.2, 0) is 11.2 Å². The fourth-order valence-corrected chi connectivity index (χ4v) is 3.26. The summed E-state index contributed by atoms with van der Waals surface area (Å²) in [6, 6.07) is 10.6. The summed E-state index contributed by atoms with van der Waals surface area (Å²) in [7, 11) is 0. The van der Waals surface area contributed by atoms with Gasteiger partial charge in [0.2, 0.25) is 5.91 Å². The van der Waals surface area contributed by atoms with Crippen LogP contribution < -0.4 is 0 Å². The van der Waals surface area contributed by atoms with E-state index < -0.39 is 0 Å². The van der Waals surface area contributed by atoms with Gasteiger partial charge in [-0.25, -0.2) is 0 Å². The zero-order valence-electron chi connectivity index (χ0n) is 14.0. The molecular formula is C18H28N2OS. The van der Waals surface area contributed by atoms with Gasteiger partial charge in [-0.2, -0.15) is 0 Å². The molecular weight excluding hydrogens is 292 g/mol. The van der Waals surface area contributed by atoms with Crippen LogP contribution >= 0.6 is 11.8 Å². The Morgan fingerprint density at radius 3 is 2.32 bits per heavy atom. The minimum Gasteiger partial charge on any atom is -0.339 e. The maximum atomic E-state index is 12.2. The molecule has 4 heteroatoms. The molecule has 1 saturated heterocycles.